The van der Waals surface area contributed by atoms with Crippen LogP contribution in [0.25, 0.3) is 0 Å². The Kier molecular flexibility index (Phi) is 5.57. The molecule has 1 fully saturated rings. The van der Waals surface area contributed by atoms with Crippen LogP contribution in [0, 0.1) is 0 Å². The molecule has 0 bridgehead atoms. The van der Waals surface area contributed by atoms with E-state index in [-0.39, 0.29) is 11.7 Å². The number of sulfonamides is 1. The third-order valence-corrected chi connectivity index (χ3v) is 5.01. The fourth-order valence-corrected chi connectivity index (χ4v) is 3.25. The molecule has 1 saturated carbocycles. The van der Waals surface area contributed by atoms with Gasteiger partial charge in [-0.1, -0.05) is 37.3 Å². The average Bonchev–Trinajstić information content (AvgIpc) is 3.26. The first-order valence-electron chi connectivity index (χ1n) is 7.32. The highest BCUT2D eigenvalue weighted by Crippen LogP contribution is 2.18. The van der Waals surface area contributed by atoms with Gasteiger partial charge in [0.1, 0.15) is 0 Å². The normalized spacial score (nSPS) is 17.1. The quantitative estimate of drug-likeness (QED) is 0.684. The maximum Gasteiger partial charge on any atom is 0.211 e. The molecule has 1 unspecified atom stereocenters. The van der Waals surface area contributed by atoms with Gasteiger partial charge < -0.3 is 5.32 Å². The number of hydrogen-bond acceptors (Lipinski definition) is 3. The summed E-state index contributed by atoms with van der Waals surface area (Å²) in [6, 6.07) is 10.6. The Labute approximate surface area is 122 Å². The van der Waals surface area contributed by atoms with Crippen LogP contribution in [-0.4, -0.2) is 33.3 Å². The van der Waals surface area contributed by atoms with E-state index < -0.39 is 10.0 Å². The van der Waals surface area contributed by atoms with Crippen molar-refractivity contribution in [2.24, 2.45) is 0 Å². The summed E-state index contributed by atoms with van der Waals surface area (Å²) in [4.78, 5) is 0. The van der Waals surface area contributed by atoms with Crippen molar-refractivity contribution >= 4 is 10.0 Å². The van der Waals surface area contributed by atoms with Crippen molar-refractivity contribution in [3.05, 3.63) is 35.9 Å². The second-order valence-electron chi connectivity index (χ2n) is 5.56. The van der Waals surface area contributed by atoms with Crippen LogP contribution in [0.1, 0.15) is 37.7 Å². The summed E-state index contributed by atoms with van der Waals surface area (Å²) in [6.45, 7) is 3.29. The van der Waals surface area contributed by atoms with Gasteiger partial charge in [0.2, 0.25) is 10.0 Å². The van der Waals surface area contributed by atoms with Gasteiger partial charge in [-0.25, -0.2) is 13.1 Å². The van der Waals surface area contributed by atoms with Crippen molar-refractivity contribution in [1.82, 2.24) is 10.0 Å². The van der Waals surface area contributed by atoms with Crippen LogP contribution in [0.3, 0.4) is 0 Å². The Bertz CT molecular complexity index is 498. The molecule has 4 nitrogen and oxygen atoms in total. The monoisotopic (exact) mass is 296 g/mol. The first-order valence-corrected chi connectivity index (χ1v) is 8.98. The van der Waals surface area contributed by atoms with Crippen molar-refractivity contribution in [2.45, 2.75) is 38.1 Å². The Morgan fingerprint density at radius 2 is 1.95 bits per heavy atom. The highest BCUT2D eigenvalue weighted by Gasteiger charge is 2.20. The van der Waals surface area contributed by atoms with Crippen LogP contribution in [-0.2, 0) is 10.0 Å². The van der Waals surface area contributed by atoms with Gasteiger partial charge in [0.25, 0.3) is 0 Å². The molecule has 0 radical (unpaired) electrons. The molecule has 1 aromatic rings. The Balaban J connectivity index is 1.68. The molecule has 0 heterocycles. The summed E-state index contributed by atoms with van der Waals surface area (Å²) in [5, 5.41) is 3.33. The second-order valence-corrected chi connectivity index (χ2v) is 7.49. The van der Waals surface area contributed by atoms with E-state index in [2.05, 4.69) is 10.0 Å². The molecule has 0 amide bonds. The van der Waals surface area contributed by atoms with E-state index in [1.54, 1.807) is 0 Å². The van der Waals surface area contributed by atoms with Crippen LogP contribution < -0.4 is 10.0 Å². The second kappa shape index (κ2) is 7.20. The minimum atomic E-state index is -3.15. The Morgan fingerprint density at radius 1 is 1.25 bits per heavy atom. The van der Waals surface area contributed by atoms with E-state index in [1.165, 1.54) is 12.8 Å². The summed E-state index contributed by atoms with van der Waals surface area (Å²) in [5.41, 5.74) is 1.16. The molecule has 20 heavy (non-hydrogen) atoms. The van der Waals surface area contributed by atoms with Crippen molar-refractivity contribution < 1.29 is 8.42 Å². The van der Waals surface area contributed by atoms with E-state index in [4.69, 9.17) is 0 Å². The fourth-order valence-electron chi connectivity index (χ4n) is 2.08. The lowest BCUT2D eigenvalue weighted by atomic mass is 10.0. The van der Waals surface area contributed by atoms with Crippen molar-refractivity contribution in [3.8, 4) is 0 Å². The predicted octanol–water partition coefficient (Wildman–Crippen LogP) is 1.85. The third kappa shape index (κ3) is 5.61. The van der Waals surface area contributed by atoms with Crippen molar-refractivity contribution in [1.29, 1.82) is 0 Å². The molecule has 5 heteroatoms. The molecule has 0 saturated heterocycles. The molecular weight excluding hydrogens is 272 g/mol. The molecule has 2 N–H and O–H groups in total. The standard InChI is InChI=1S/C15H24N2O2S/c1-13(14-6-3-2-4-7-14)12-17-20(18,19)11-5-10-16-15-8-9-15/h2-4,6-7,13,15-17H,5,8-12H2,1H3. The van der Waals surface area contributed by atoms with Crippen LogP contribution in [0.15, 0.2) is 30.3 Å². The third-order valence-electron chi connectivity index (χ3n) is 3.58. The fraction of sp³-hybridized carbons (Fsp3) is 0.600. The minimum absolute atomic E-state index is 0.190. The summed E-state index contributed by atoms with van der Waals surface area (Å²) < 4.78 is 26.5. The van der Waals surface area contributed by atoms with Crippen molar-refractivity contribution in [2.75, 3.05) is 18.8 Å². The van der Waals surface area contributed by atoms with Gasteiger partial charge in [0.15, 0.2) is 0 Å². The molecule has 1 atom stereocenters. The molecule has 0 spiro atoms. The molecule has 2 rings (SSSR count). The Morgan fingerprint density at radius 3 is 2.60 bits per heavy atom. The van der Waals surface area contributed by atoms with E-state index in [1.807, 2.05) is 37.3 Å². The molecule has 1 aliphatic carbocycles. The topological polar surface area (TPSA) is 58.2 Å². The lowest BCUT2D eigenvalue weighted by Gasteiger charge is -2.13. The van der Waals surface area contributed by atoms with E-state index in [9.17, 15) is 8.42 Å². The molecular formula is C15H24N2O2S. The van der Waals surface area contributed by atoms with Gasteiger partial charge in [0.05, 0.1) is 5.75 Å². The van der Waals surface area contributed by atoms with E-state index >= 15 is 0 Å². The maximum absolute atomic E-state index is 11.9. The molecule has 0 aliphatic heterocycles. The zero-order valence-electron chi connectivity index (χ0n) is 12.0. The smallest absolute Gasteiger partial charge is 0.211 e. The lowest BCUT2D eigenvalue weighted by Crippen LogP contribution is -2.31. The predicted molar refractivity (Wildman–Crippen MR) is 82.3 cm³/mol. The zero-order valence-corrected chi connectivity index (χ0v) is 12.8. The van der Waals surface area contributed by atoms with Gasteiger partial charge in [-0.3, -0.25) is 0 Å². The minimum Gasteiger partial charge on any atom is -0.314 e. The molecule has 0 aromatic heterocycles. The summed E-state index contributed by atoms with van der Waals surface area (Å²) in [6.07, 6.45) is 3.14. The summed E-state index contributed by atoms with van der Waals surface area (Å²) in [7, 11) is -3.15. The number of nitrogens with one attached hydrogen (secondary N) is 2. The lowest BCUT2D eigenvalue weighted by molar-refractivity contribution is 0.568. The van der Waals surface area contributed by atoms with Crippen molar-refractivity contribution in [3.63, 3.8) is 0 Å². The van der Waals surface area contributed by atoms with Crippen LogP contribution in [0.2, 0.25) is 0 Å². The number of rotatable bonds is 9. The number of benzene rings is 1. The molecule has 112 valence electrons. The first-order chi connectivity index (χ1) is 9.57. The zero-order chi connectivity index (χ0) is 14.4. The highest BCUT2D eigenvalue weighted by atomic mass is 32.2. The largest absolute Gasteiger partial charge is 0.314 e. The first kappa shape index (κ1) is 15.5. The van der Waals surface area contributed by atoms with Gasteiger partial charge in [-0.2, -0.15) is 0 Å². The highest BCUT2D eigenvalue weighted by molar-refractivity contribution is 7.89. The molecule has 1 aliphatic rings. The van der Waals surface area contributed by atoms with Crippen LogP contribution in [0.5, 0.6) is 0 Å². The molecule has 1 aromatic carbocycles. The number of hydrogen-bond donors (Lipinski definition) is 2. The average molecular weight is 296 g/mol. The van der Waals surface area contributed by atoms with Gasteiger partial charge in [0, 0.05) is 12.6 Å². The van der Waals surface area contributed by atoms with Gasteiger partial charge in [-0.05, 0) is 37.3 Å². The van der Waals surface area contributed by atoms with Crippen LogP contribution >= 0.6 is 0 Å². The van der Waals surface area contributed by atoms with E-state index in [0.29, 0.717) is 19.0 Å². The summed E-state index contributed by atoms with van der Waals surface area (Å²) >= 11 is 0. The van der Waals surface area contributed by atoms with E-state index in [0.717, 1.165) is 12.1 Å². The van der Waals surface area contributed by atoms with Crippen LogP contribution in [0.4, 0.5) is 0 Å². The Hall–Kier alpha value is -0.910. The maximum atomic E-state index is 11.9. The summed E-state index contributed by atoms with van der Waals surface area (Å²) in [5.74, 6) is 0.393. The van der Waals surface area contributed by atoms with Gasteiger partial charge in [-0.15, -0.1) is 0 Å². The SMILES string of the molecule is CC(CNS(=O)(=O)CCCNC1CC1)c1ccccc1. The van der Waals surface area contributed by atoms with Gasteiger partial charge >= 0.3 is 0 Å².